The number of hydrogen-bond acceptors (Lipinski definition) is 4. The third-order valence-corrected chi connectivity index (χ3v) is 4.45. The summed E-state index contributed by atoms with van der Waals surface area (Å²) in [5, 5.41) is 2.21. The normalized spacial score (nSPS) is 18.3. The van der Waals surface area contributed by atoms with Crippen LogP contribution in [0.1, 0.15) is 23.4 Å². The van der Waals surface area contributed by atoms with Gasteiger partial charge in [0, 0.05) is 11.4 Å². The van der Waals surface area contributed by atoms with Gasteiger partial charge in [0.25, 0.3) is 0 Å². The number of rotatable bonds is 3. The minimum absolute atomic E-state index is 0.0117. The average molecular weight is 332 g/mol. The zero-order valence-electron chi connectivity index (χ0n) is 10.0. The minimum Gasteiger partial charge on any atom is -0.450 e. The number of ketones is 1. The number of carbonyl (C=O) groups excluding carboxylic acids is 2. The topological polar surface area (TPSA) is 46.6 Å². The molecule has 18 heavy (non-hydrogen) atoms. The Morgan fingerprint density at radius 2 is 2.39 bits per heavy atom. The van der Waals surface area contributed by atoms with E-state index in [9.17, 15) is 9.59 Å². The second-order valence-electron chi connectivity index (χ2n) is 3.94. The first kappa shape index (κ1) is 13.5. The number of halogens is 1. The Morgan fingerprint density at radius 3 is 3.06 bits per heavy atom. The number of ether oxygens (including phenoxy) is 1. The Labute approximate surface area is 118 Å². The molecule has 4 nitrogen and oxygen atoms in total. The van der Waals surface area contributed by atoms with Gasteiger partial charge in [-0.1, -0.05) is 15.9 Å². The van der Waals surface area contributed by atoms with Crippen molar-refractivity contribution in [2.45, 2.75) is 19.4 Å². The summed E-state index contributed by atoms with van der Waals surface area (Å²) in [5.41, 5.74) is 0.948. The van der Waals surface area contributed by atoms with Crippen LogP contribution in [0.15, 0.2) is 11.4 Å². The third kappa shape index (κ3) is 2.44. The molecule has 0 fully saturated rings. The van der Waals surface area contributed by atoms with Gasteiger partial charge in [-0.25, -0.2) is 4.79 Å². The summed E-state index contributed by atoms with van der Waals surface area (Å²) >= 11 is 4.82. The van der Waals surface area contributed by atoms with Gasteiger partial charge in [0.05, 0.1) is 11.9 Å². The van der Waals surface area contributed by atoms with E-state index in [0.717, 1.165) is 12.0 Å². The van der Waals surface area contributed by atoms with Crippen molar-refractivity contribution >= 4 is 39.1 Å². The quantitative estimate of drug-likeness (QED) is 0.800. The molecule has 1 unspecified atom stereocenters. The molecule has 1 aromatic heterocycles. The van der Waals surface area contributed by atoms with E-state index in [1.165, 1.54) is 9.78 Å². The van der Waals surface area contributed by atoms with Crippen LogP contribution in [0.5, 0.6) is 0 Å². The Balaban J connectivity index is 2.31. The van der Waals surface area contributed by atoms with E-state index in [1.54, 1.807) is 18.3 Å². The van der Waals surface area contributed by atoms with Gasteiger partial charge in [0.2, 0.25) is 0 Å². The van der Waals surface area contributed by atoms with Crippen LogP contribution in [0.25, 0.3) is 0 Å². The number of hydrogen-bond donors (Lipinski definition) is 0. The molecule has 0 aliphatic carbocycles. The smallest absolute Gasteiger partial charge is 0.410 e. The zero-order valence-corrected chi connectivity index (χ0v) is 12.4. The second-order valence-corrected chi connectivity index (χ2v) is 5.51. The fourth-order valence-corrected chi connectivity index (χ4v) is 3.35. The summed E-state index contributed by atoms with van der Waals surface area (Å²) in [6, 6.07) is 1.43. The van der Waals surface area contributed by atoms with Crippen LogP contribution in [0.2, 0.25) is 0 Å². The van der Waals surface area contributed by atoms with Crippen LogP contribution in [0.4, 0.5) is 4.79 Å². The van der Waals surface area contributed by atoms with E-state index in [2.05, 4.69) is 15.9 Å². The molecule has 0 saturated carbocycles. The number of nitrogens with zero attached hydrogens (tertiary/aromatic N) is 1. The maximum absolute atomic E-state index is 12.1. The number of alkyl halides is 1. The molecule has 1 atom stereocenters. The van der Waals surface area contributed by atoms with E-state index >= 15 is 0 Å². The Morgan fingerprint density at radius 1 is 1.61 bits per heavy atom. The van der Waals surface area contributed by atoms with Crippen LogP contribution in [0, 0.1) is 0 Å². The van der Waals surface area contributed by atoms with E-state index in [4.69, 9.17) is 4.74 Å². The fraction of sp³-hybridized carbons (Fsp3) is 0.500. The van der Waals surface area contributed by atoms with Crippen LogP contribution < -0.4 is 0 Å². The predicted molar refractivity (Wildman–Crippen MR) is 73.3 cm³/mol. The first-order valence-corrected chi connectivity index (χ1v) is 7.77. The molecule has 1 amide bonds. The van der Waals surface area contributed by atoms with Gasteiger partial charge < -0.3 is 4.74 Å². The number of carbonyl (C=O) groups is 2. The van der Waals surface area contributed by atoms with E-state index in [1.807, 2.05) is 11.4 Å². The minimum atomic E-state index is -0.501. The van der Waals surface area contributed by atoms with Crippen molar-refractivity contribution in [2.24, 2.45) is 0 Å². The Bertz CT molecular complexity index is 460. The molecule has 1 aromatic rings. The Hall–Kier alpha value is -0.880. The van der Waals surface area contributed by atoms with Gasteiger partial charge in [0.15, 0.2) is 5.78 Å². The third-order valence-electron chi connectivity index (χ3n) is 2.90. The highest BCUT2D eigenvalue weighted by atomic mass is 79.9. The standard InChI is InChI=1S/C12H14BrNO3S/c1-2-17-12(16)14-5-3-10-8(4-6-18-10)11(14)9(15)7-13/h4,6,11H,2-3,5,7H2,1H3. The molecule has 98 valence electrons. The molecule has 1 aliphatic heterocycles. The molecule has 1 aliphatic rings. The summed E-state index contributed by atoms with van der Waals surface area (Å²) in [6.07, 6.45) is 0.381. The van der Waals surface area contributed by atoms with Crippen molar-refractivity contribution in [3.05, 3.63) is 21.9 Å². The van der Waals surface area contributed by atoms with Crippen LogP contribution in [-0.2, 0) is 16.0 Å². The van der Waals surface area contributed by atoms with Crippen molar-refractivity contribution in [2.75, 3.05) is 18.5 Å². The lowest BCUT2D eigenvalue weighted by molar-refractivity contribution is -0.121. The van der Waals surface area contributed by atoms with E-state index < -0.39 is 12.1 Å². The first-order chi connectivity index (χ1) is 8.69. The molecule has 2 rings (SSSR count). The molecule has 0 aromatic carbocycles. The summed E-state index contributed by atoms with van der Waals surface area (Å²) in [6.45, 7) is 2.62. The molecular formula is C12H14BrNO3S. The van der Waals surface area contributed by atoms with Crippen molar-refractivity contribution in [3.8, 4) is 0 Å². The highest BCUT2D eigenvalue weighted by molar-refractivity contribution is 9.09. The monoisotopic (exact) mass is 331 g/mol. The SMILES string of the molecule is CCOC(=O)N1CCc2sccc2C1C(=O)CBr. The maximum atomic E-state index is 12.1. The van der Waals surface area contributed by atoms with Crippen molar-refractivity contribution in [1.82, 2.24) is 4.90 Å². The van der Waals surface area contributed by atoms with Crippen LogP contribution in [-0.4, -0.2) is 35.3 Å². The van der Waals surface area contributed by atoms with Crippen LogP contribution in [0.3, 0.4) is 0 Å². The summed E-state index contributed by atoms with van der Waals surface area (Å²) < 4.78 is 5.02. The predicted octanol–water partition coefficient (Wildman–Crippen LogP) is 2.77. The number of fused-ring (bicyclic) bond motifs is 1. The number of amides is 1. The van der Waals surface area contributed by atoms with Gasteiger partial charge >= 0.3 is 6.09 Å². The highest BCUT2D eigenvalue weighted by Gasteiger charge is 2.36. The molecular weight excluding hydrogens is 318 g/mol. The fourth-order valence-electron chi connectivity index (χ4n) is 2.14. The van der Waals surface area contributed by atoms with Crippen molar-refractivity contribution < 1.29 is 14.3 Å². The highest BCUT2D eigenvalue weighted by Crippen LogP contribution is 2.34. The van der Waals surface area contributed by atoms with Gasteiger partial charge in [-0.3, -0.25) is 9.69 Å². The largest absolute Gasteiger partial charge is 0.450 e. The number of thiophene rings is 1. The van der Waals surface area contributed by atoms with Gasteiger partial charge in [0.1, 0.15) is 6.04 Å². The summed E-state index contributed by atoms with van der Waals surface area (Å²) in [5.74, 6) is -0.0117. The molecule has 2 heterocycles. The van der Waals surface area contributed by atoms with E-state index in [-0.39, 0.29) is 11.1 Å². The Kier molecular flexibility index (Phi) is 4.40. The number of Topliss-reactive ketones (excluding diaryl/α,β-unsaturated/α-hetero) is 1. The van der Waals surface area contributed by atoms with Gasteiger partial charge in [-0.15, -0.1) is 11.3 Å². The molecule has 6 heteroatoms. The van der Waals surface area contributed by atoms with E-state index in [0.29, 0.717) is 13.2 Å². The molecule has 0 radical (unpaired) electrons. The van der Waals surface area contributed by atoms with Gasteiger partial charge in [-0.2, -0.15) is 0 Å². The maximum Gasteiger partial charge on any atom is 0.410 e. The summed E-state index contributed by atoms with van der Waals surface area (Å²) in [4.78, 5) is 26.7. The first-order valence-electron chi connectivity index (χ1n) is 5.77. The zero-order chi connectivity index (χ0) is 13.1. The van der Waals surface area contributed by atoms with Crippen molar-refractivity contribution in [1.29, 1.82) is 0 Å². The lowest BCUT2D eigenvalue weighted by atomic mass is 9.97. The molecule has 0 saturated heterocycles. The lowest BCUT2D eigenvalue weighted by Gasteiger charge is -2.33. The molecule has 0 N–H and O–H groups in total. The van der Waals surface area contributed by atoms with Crippen LogP contribution >= 0.6 is 27.3 Å². The molecule has 0 bridgehead atoms. The second kappa shape index (κ2) is 5.84. The van der Waals surface area contributed by atoms with Crippen molar-refractivity contribution in [3.63, 3.8) is 0 Å². The average Bonchev–Trinajstić information content (AvgIpc) is 2.85. The lowest BCUT2D eigenvalue weighted by Crippen LogP contribution is -2.43. The van der Waals surface area contributed by atoms with Gasteiger partial charge in [-0.05, 0) is 30.4 Å². The molecule has 0 spiro atoms. The summed E-state index contributed by atoms with van der Waals surface area (Å²) in [7, 11) is 0.